The first-order valence-corrected chi connectivity index (χ1v) is 6.58. The molecule has 1 unspecified atom stereocenters. The Morgan fingerprint density at radius 1 is 1.10 bits per heavy atom. The van der Waals surface area contributed by atoms with Gasteiger partial charge in [-0.05, 0) is 0 Å². The smallest absolute Gasteiger partial charge is 0.184 e. The first kappa shape index (κ1) is 13.6. The van der Waals surface area contributed by atoms with E-state index in [1.165, 1.54) is 0 Å². The van der Waals surface area contributed by atoms with Crippen LogP contribution >= 0.6 is 0 Å². The lowest BCUT2D eigenvalue weighted by Crippen LogP contribution is -2.48. The van der Waals surface area contributed by atoms with Gasteiger partial charge in [0.25, 0.3) is 0 Å². The Balaban J connectivity index is 1.79. The fraction of sp³-hybridized carbons (Fsp3) is 0.467. The van der Waals surface area contributed by atoms with Crippen LogP contribution in [0.3, 0.4) is 0 Å². The van der Waals surface area contributed by atoms with E-state index < -0.39 is 12.6 Å². The average Bonchev–Trinajstić information content (AvgIpc) is 2.54. The Kier molecular flexibility index (Phi) is 4.03. The second kappa shape index (κ2) is 5.93. The zero-order valence-electron chi connectivity index (χ0n) is 11.5. The monoisotopic (exact) mass is 278 g/mol. The van der Waals surface area contributed by atoms with E-state index in [4.69, 9.17) is 23.7 Å². The highest BCUT2D eigenvalue weighted by Gasteiger charge is 2.41. The summed E-state index contributed by atoms with van der Waals surface area (Å²) in [5, 5.41) is 0. The first-order valence-electron chi connectivity index (χ1n) is 6.58. The molecule has 20 heavy (non-hydrogen) atoms. The Morgan fingerprint density at radius 3 is 2.60 bits per heavy atom. The minimum absolute atomic E-state index is 0.222. The van der Waals surface area contributed by atoms with Crippen molar-refractivity contribution in [2.24, 2.45) is 0 Å². The van der Waals surface area contributed by atoms with Gasteiger partial charge in [0.05, 0.1) is 13.7 Å². The molecule has 0 aromatic heterocycles. The molecule has 1 fully saturated rings. The molecule has 5 heteroatoms. The van der Waals surface area contributed by atoms with Crippen LogP contribution in [0.25, 0.3) is 0 Å². The fourth-order valence-corrected chi connectivity index (χ4v) is 2.42. The lowest BCUT2D eigenvalue weighted by atomic mass is 10.1. The summed E-state index contributed by atoms with van der Waals surface area (Å²) in [6, 6.07) is 9.83. The fourth-order valence-electron chi connectivity index (χ4n) is 2.42. The molecule has 4 atom stereocenters. The minimum atomic E-state index is -0.424. The molecule has 0 spiro atoms. The molecule has 3 rings (SSSR count). The largest absolute Gasteiger partial charge is 0.498 e. The highest BCUT2D eigenvalue weighted by atomic mass is 16.7. The molecule has 0 saturated carbocycles. The molecule has 0 amide bonds. The molecule has 1 aromatic carbocycles. The maximum Gasteiger partial charge on any atom is 0.184 e. The lowest BCUT2D eigenvalue weighted by molar-refractivity contribution is -0.291. The molecular formula is C15H18O5. The Bertz CT molecular complexity index is 472. The average molecular weight is 278 g/mol. The molecule has 0 N–H and O–H groups in total. The van der Waals surface area contributed by atoms with Crippen LogP contribution in [-0.4, -0.2) is 39.3 Å². The van der Waals surface area contributed by atoms with Gasteiger partial charge < -0.3 is 23.7 Å². The van der Waals surface area contributed by atoms with E-state index in [0.717, 1.165) is 11.3 Å². The van der Waals surface area contributed by atoms with Crippen LogP contribution in [0, 0.1) is 0 Å². The number of hydrogen-bond donors (Lipinski definition) is 0. The number of hydrogen-bond acceptors (Lipinski definition) is 5. The second-order valence-corrected chi connectivity index (χ2v) is 4.68. The Labute approximate surface area is 118 Å². The molecule has 2 aliphatic rings. The third-order valence-electron chi connectivity index (χ3n) is 3.45. The molecule has 0 radical (unpaired) electrons. The summed E-state index contributed by atoms with van der Waals surface area (Å²) in [6.07, 6.45) is 0.463. The molecule has 2 heterocycles. The van der Waals surface area contributed by atoms with Crippen LogP contribution in [0.15, 0.2) is 42.2 Å². The highest BCUT2D eigenvalue weighted by Crippen LogP contribution is 2.34. The third-order valence-corrected chi connectivity index (χ3v) is 3.45. The van der Waals surface area contributed by atoms with E-state index in [1.807, 2.05) is 30.3 Å². The minimum Gasteiger partial charge on any atom is -0.498 e. The summed E-state index contributed by atoms with van der Waals surface area (Å²) in [7, 11) is 3.21. The zero-order chi connectivity index (χ0) is 13.9. The third kappa shape index (κ3) is 2.58. The van der Waals surface area contributed by atoms with Gasteiger partial charge in [0.1, 0.15) is 18.0 Å². The summed E-state index contributed by atoms with van der Waals surface area (Å²) in [5.41, 5.74) is 0.982. The van der Waals surface area contributed by atoms with Crippen molar-refractivity contribution in [1.82, 2.24) is 0 Å². The predicted octanol–water partition coefficient (Wildman–Crippen LogP) is 2.00. The van der Waals surface area contributed by atoms with Crippen molar-refractivity contribution in [3.05, 3.63) is 47.7 Å². The van der Waals surface area contributed by atoms with Crippen molar-refractivity contribution in [3.8, 4) is 0 Å². The van der Waals surface area contributed by atoms with Gasteiger partial charge in [-0.3, -0.25) is 0 Å². The summed E-state index contributed by atoms with van der Waals surface area (Å²) in [6.45, 7) is 0.435. The van der Waals surface area contributed by atoms with Crippen molar-refractivity contribution >= 4 is 0 Å². The zero-order valence-corrected chi connectivity index (χ0v) is 11.5. The van der Waals surface area contributed by atoms with E-state index in [0.29, 0.717) is 6.61 Å². The van der Waals surface area contributed by atoms with Gasteiger partial charge in [0.2, 0.25) is 0 Å². The molecule has 0 bridgehead atoms. The van der Waals surface area contributed by atoms with Crippen LogP contribution in [0.2, 0.25) is 0 Å². The van der Waals surface area contributed by atoms with Crippen molar-refractivity contribution in [1.29, 1.82) is 0 Å². The van der Waals surface area contributed by atoms with E-state index in [-0.39, 0.29) is 12.2 Å². The summed E-state index contributed by atoms with van der Waals surface area (Å²) < 4.78 is 28.0. The second-order valence-electron chi connectivity index (χ2n) is 4.68. The van der Waals surface area contributed by atoms with Gasteiger partial charge in [0, 0.05) is 18.7 Å². The van der Waals surface area contributed by atoms with Crippen molar-refractivity contribution < 1.29 is 23.7 Å². The lowest BCUT2D eigenvalue weighted by Gasteiger charge is -2.40. The van der Waals surface area contributed by atoms with E-state index in [1.54, 1.807) is 20.3 Å². The molecular weight excluding hydrogens is 260 g/mol. The van der Waals surface area contributed by atoms with Crippen LogP contribution < -0.4 is 0 Å². The van der Waals surface area contributed by atoms with Crippen molar-refractivity contribution in [2.45, 2.75) is 24.8 Å². The van der Waals surface area contributed by atoms with Gasteiger partial charge in [-0.2, -0.15) is 0 Å². The van der Waals surface area contributed by atoms with Crippen LogP contribution in [0.5, 0.6) is 0 Å². The molecule has 0 aliphatic carbocycles. The Morgan fingerprint density at radius 2 is 1.90 bits per heavy atom. The van der Waals surface area contributed by atoms with Crippen LogP contribution in [0.4, 0.5) is 0 Å². The predicted molar refractivity (Wildman–Crippen MR) is 70.8 cm³/mol. The molecule has 5 nitrogen and oxygen atoms in total. The summed E-state index contributed by atoms with van der Waals surface area (Å²) >= 11 is 0. The summed E-state index contributed by atoms with van der Waals surface area (Å²) in [5.74, 6) is 0.720. The van der Waals surface area contributed by atoms with Crippen LogP contribution in [0.1, 0.15) is 11.9 Å². The van der Waals surface area contributed by atoms with Crippen molar-refractivity contribution in [2.75, 3.05) is 20.8 Å². The maximum absolute atomic E-state index is 5.98. The van der Waals surface area contributed by atoms with Crippen LogP contribution in [-0.2, 0) is 23.7 Å². The quantitative estimate of drug-likeness (QED) is 0.846. The SMILES string of the molecule is COC1=C[C@@H](OC)O[C@@H]2COC(c3ccccc3)O[C@@H]12. The van der Waals surface area contributed by atoms with E-state index in [2.05, 4.69) is 0 Å². The summed E-state index contributed by atoms with van der Waals surface area (Å²) in [4.78, 5) is 0. The Hall–Kier alpha value is -1.40. The highest BCUT2D eigenvalue weighted by molar-refractivity contribution is 5.18. The maximum atomic E-state index is 5.98. The molecule has 1 saturated heterocycles. The number of fused-ring (bicyclic) bond motifs is 1. The number of rotatable bonds is 3. The topological polar surface area (TPSA) is 46.2 Å². The van der Waals surface area contributed by atoms with Gasteiger partial charge in [-0.15, -0.1) is 0 Å². The number of ether oxygens (including phenoxy) is 5. The van der Waals surface area contributed by atoms with Crippen molar-refractivity contribution in [3.63, 3.8) is 0 Å². The van der Waals surface area contributed by atoms with Gasteiger partial charge >= 0.3 is 0 Å². The van der Waals surface area contributed by atoms with E-state index >= 15 is 0 Å². The van der Waals surface area contributed by atoms with Gasteiger partial charge in [0.15, 0.2) is 12.6 Å². The van der Waals surface area contributed by atoms with Gasteiger partial charge in [-0.1, -0.05) is 30.3 Å². The first-order chi connectivity index (χ1) is 9.81. The number of methoxy groups -OCH3 is 2. The number of benzene rings is 1. The molecule has 1 aromatic rings. The molecule has 108 valence electrons. The standard InChI is InChI=1S/C15H18O5/c1-16-11-8-13(17-2)19-12-9-18-15(20-14(11)12)10-6-4-3-5-7-10/h3-8,12-15H,9H2,1-2H3/t12-,13+,14+,15?/m1/s1. The van der Waals surface area contributed by atoms with Gasteiger partial charge in [-0.25, -0.2) is 0 Å². The molecule has 2 aliphatic heterocycles. The van der Waals surface area contributed by atoms with E-state index in [9.17, 15) is 0 Å². The normalized spacial score (nSPS) is 33.2.